The molecule has 1 saturated carbocycles. The molecule has 28 heavy (non-hydrogen) atoms. The first kappa shape index (κ1) is 18.4. The van der Waals surface area contributed by atoms with Crippen LogP contribution in [0.3, 0.4) is 0 Å². The molecular formula is C19H23N5O4. The van der Waals surface area contributed by atoms with E-state index in [9.17, 15) is 4.79 Å². The first-order chi connectivity index (χ1) is 13.4. The lowest BCUT2D eigenvalue weighted by Gasteiger charge is -2.40. The minimum Gasteiger partial charge on any atom is -0.493 e. The molecule has 9 nitrogen and oxygen atoms in total. The second kappa shape index (κ2) is 6.57. The molecule has 1 aliphatic heterocycles. The van der Waals surface area contributed by atoms with Crippen LogP contribution >= 0.6 is 0 Å². The molecule has 1 aliphatic carbocycles. The van der Waals surface area contributed by atoms with Gasteiger partial charge in [0.25, 0.3) is 5.95 Å². The standard InChI is InChI=1S/C19H23N5O4/c1-19(2)8-11-14(12(25)9-19)15(24-18(20-11)21-22-23-24)10-6-7-13(26-3)17(28-5)16(10)27-4/h6-7,14-15H,8-9H2,1-5H3. The number of hydrogen-bond acceptors (Lipinski definition) is 8. The Labute approximate surface area is 162 Å². The topological polar surface area (TPSA) is 101 Å². The Bertz CT molecular complexity index is 965. The molecule has 1 aromatic heterocycles. The lowest BCUT2D eigenvalue weighted by atomic mass is 9.67. The summed E-state index contributed by atoms with van der Waals surface area (Å²) in [6.45, 7) is 4.15. The molecule has 2 aromatic rings. The molecule has 0 N–H and O–H groups in total. The van der Waals surface area contributed by atoms with Gasteiger partial charge in [-0.2, -0.15) is 0 Å². The van der Waals surface area contributed by atoms with Crippen LogP contribution in [-0.4, -0.2) is 53.0 Å². The summed E-state index contributed by atoms with van der Waals surface area (Å²) in [5, 5.41) is 11.9. The molecule has 1 aromatic carbocycles. The summed E-state index contributed by atoms with van der Waals surface area (Å²) in [6.07, 6.45) is 1.18. The fraction of sp³-hybridized carbons (Fsp3) is 0.526. The monoisotopic (exact) mass is 385 g/mol. The normalized spacial score (nSPS) is 22.8. The molecule has 0 amide bonds. The van der Waals surface area contributed by atoms with Crippen molar-refractivity contribution in [2.24, 2.45) is 16.3 Å². The Hall–Kier alpha value is -2.97. The number of ether oxygens (including phenoxy) is 3. The van der Waals surface area contributed by atoms with Crippen LogP contribution in [0.1, 0.15) is 38.3 Å². The Balaban J connectivity index is 1.93. The number of hydrogen-bond donors (Lipinski definition) is 0. The number of aliphatic imine (C=N–C) groups is 1. The van der Waals surface area contributed by atoms with Gasteiger partial charge in [-0.15, -0.1) is 0 Å². The quantitative estimate of drug-likeness (QED) is 0.796. The van der Waals surface area contributed by atoms with Crippen molar-refractivity contribution >= 4 is 17.4 Å². The molecule has 4 rings (SSSR count). The van der Waals surface area contributed by atoms with Crippen molar-refractivity contribution in [1.29, 1.82) is 0 Å². The van der Waals surface area contributed by atoms with E-state index >= 15 is 0 Å². The predicted octanol–water partition coefficient (Wildman–Crippen LogP) is 2.38. The van der Waals surface area contributed by atoms with E-state index in [0.717, 1.165) is 11.3 Å². The van der Waals surface area contributed by atoms with Crippen LogP contribution in [0.5, 0.6) is 17.2 Å². The first-order valence-electron chi connectivity index (χ1n) is 9.07. The summed E-state index contributed by atoms with van der Waals surface area (Å²) >= 11 is 0. The fourth-order valence-corrected chi connectivity index (χ4v) is 4.28. The number of tetrazole rings is 1. The summed E-state index contributed by atoms with van der Waals surface area (Å²) in [7, 11) is 4.67. The van der Waals surface area contributed by atoms with Crippen LogP contribution in [-0.2, 0) is 4.79 Å². The molecule has 0 bridgehead atoms. The number of carbonyl (C=O) groups is 1. The first-order valence-corrected chi connectivity index (χ1v) is 9.07. The number of carbonyl (C=O) groups excluding carboxylic acids is 1. The number of aromatic nitrogens is 4. The van der Waals surface area contributed by atoms with Crippen molar-refractivity contribution in [2.75, 3.05) is 21.3 Å². The molecule has 148 valence electrons. The smallest absolute Gasteiger partial charge is 0.269 e. The average Bonchev–Trinajstić information content (AvgIpc) is 3.12. The number of nitrogens with zero attached hydrogens (tertiary/aromatic N) is 5. The maximum atomic E-state index is 13.2. The number of rotatable bonds is 4. The molecule has 0 spiro atoms. The minimum absolute atomic E-state index is 0.123. The van der Waals surface area contributed by atoms with E-state index in [4.69, 9.17) is 14.2 Å². The second-order valence-electron chi connectivity index (χ2n) is 7.86. The van der Waals surface area contributed by atoms with Gasteiger partial charge in [0.2, 0.25) is 5.75 Å². The van der Waals surface area contributed by atoms with Crippen molar-refractivity contribution in [2.45, 2.75) is 32.7 Å². The average molecular weight is 385 g/mol. The number of fused-ring (bicyclic) bond motifs is 2. The second-order valence-corrected chi connectivity index (χ2v) is 7.86. The summed E-state index contributed by atoms with van der Waals surface area (Å²) in [6, 6.07) is 3.20. The highest BCUT2D eigenvalue weighted by atomic mass is 16.5. The largest absolute Gasteiger partial charge is 0.493 e. The Kier molecular flexibility index (Phi) is 4.32. The zero-order valence-electron chi connectivity index (χ0n) is 16.6. The lowest BCUT2D eigenvalue weighted by molar-refractivity contribution is -0.124. The third-order valence-corrected chi connectivity index (χ3v) is 5.37. The van der Waals surface area contributed by atoms with Crippen molar-refractivity contribution in [3.05, 3.63) is 17.7 Å². The van der Waals surface area contributed by atoms with Gasteiger partial charge in [0.05, 0.1) is 27.2 Å². The highest BCUT2D eigenvalue weighted by molar-refractivity contribution is 6.10. The Morgan fingerprint density at radius 1 is 1.07 bits per heavy atom. The van der Waals surface area contributed by atoms with Crippen LogP contribution in [0.15, 0.2) is 17.1 Å². The van der Waals surface area contributed by atoms with Crippen molar-refractivity contribution in [3.63, 3.8) is 0 Å². The molecule has 2 aliphatic rings. The van der Waals surface area contributed by atoms with E-state index < -0.39 is 12.0 Å². The molecule has 2 heterocycles. The highest BCUT2D eigenvalue weighted by Gasteiger charge is 2.47. The molecule has 0 saturated heterocycles. The molecule has 9 heteroatoms. The summed E-state index contributed by atoms with van der Waals surface area (Å²) < 4.78 is 18.2. The van der Waals surface area contributed by atoms with Gasteiger partial charge in [-0.1, -0.05) is 18.9 Å². The van der Waals surface area contributed by atoms with Gasteiger partial charge in [0, 0.05) is 17.7 Å². The number of methoxy groups -OCH3 is 3. The Morgan fingerprint density at radius 3 is 2.50 bits per heavy atom. The van der Waals surface area contributed by atoms with Gasteiger partial charge in [0.1, 0.15) is 11.8 Å². The van der Waals surface area contributed by atoms with Gasteiger partial charge in [-0.05, 0) is 34.4 Å². The maximum absolute atomic E-state index is 13.2. The SMILES string of the molecule is COc1ccc(C2C3C(=O)CC(C)(C)CC3=Nc3nnnn32)c(OC)c1OC. The highest BCUT2D eigenvalue weighted by Crippen LogP contribution is 2.49. The van der Waals surface area contributed by atoms with E-state index in [0.29, 0.717) is 36.0 Å². The van der Waals surface area contributed by atoms with Crippen molar-refractivity contribution in [3.8, 4) is 17.2 Å². The lowest BCUT2D eigenvalue weighted by Crippen LogP contribution is -2.44. The molecule has 1 fully saturated rings. The van der Waals surface area contributed by atoms with Crippen LogP contribution in [0.2, 0.25) is 0 Å². The van der Waals surface area contributed by atoms with E-state index in [1.807, 2.05) is 6.07 Å². The van der Waals surface area contributed by atoms with Crippen LogP contribution < -0.4 is 14.2 Å². The number of ketones is 1. The Morgan fingerprint density at radius 2 is 1.82 bits per heavy atom. The molecular weight excluding hydrogens is 362 g/mol. The molecule has 0 radical (unpaired) electrons. The van der Waals surface area contributed by atoms with Gasteiger partial charge in [-0.3, -0.25) is 4.79 Å². The van der Waals surface area contributed by atoms with E-state index in [-0.39, 0.29) is 11.2 Å². The zero-order valence-corrected chi connectivity index (χ0v) is 16.6. The number of benzene rings is 1. The minimum atomic E-state index is -0.462. The summed E-state index contributed by atoms with van der Waals surface area (Å²) in [5.41, 5.74) is 1.42. The van der Waals surface area contributed by atoms with E-state index in [2.05, 4.69) is 34.4 Å². The third kappa shape index (κ3) is 2.73. The van der Waals surface area contributed by atoms with Gasteiger partial charge >= 0.3 is 0 Å². The summed E-state index contributed by atoms with van der Waals surface area (Å²) in [5.74, 6) is 1.56. The molecule has 2 unspecified atom stereocenters. The third-order valence-electron chi connectivity index (χ3n) is 5.37. The number of Topliss-reactive ketones (excluding diaryl/α,β-unsaturated/α-hetero) is 1. The van der Waals surface area contributed by atoms with Crippen molar-refractivity contribution in [1.82, 2.24) is 20.2 Å². The zero-order chi connectivity index (χ0) is 20.1. The van der Waals surface area contributed by atoms with Gasteiger partial charge in [0.15, 0.2) is 11.5 Å². The van der Waals surface area contributed by atoms with Crippen molar-refractivity contribution < 1.29 is 19.0 Å². The van der Waals surface area contributed by atoms with E-state index in [1.165, 1.54) is 0 Å². The van der Waals surface area contributed by atoms with Gasteiger partial charge < -0.3 is 14.2 Å². The van der Waals surface area contributed by atoms with Crippen LogP contribution in [0, 0.1) is 11.3 Å². The van der Waals surface area contributed by atoms with Gasteiger partial charge in [-0.25, -0.2) is 9.67 Å². The predicted molar refractivity (Wildman–Crippen MR) is 101 cm³/mol. The van der Waals surface area contributed by atoms with Crippen LogP contribution in [0.4, 0.5) is 5.95 Å². The fourth-order valence-electron chi connectivity index (χ4n) is 4.28. The molecule has 2 atom stereocenters. The maximum Gasteiger partial charge on any atom is 0.269 e. The summed E-state index contributed by atoms with van der Waals surface area (Å²) in [4.78, 5) is 17.8. The van der Waals surface area contributed by atoms with E-state index in [1.54, 1.807) is 32.1 Å². The van der Waals surface area contributed by atoms with Crippen LogP contribution in [0.25, 0.3) is 0 Å².